The van der Waals surface area contributed by atoms with Crippen molar-refractivity contribution in [2.24, 2.45) is 0 Å². The molecule has 6 nitrogen and oxygen atoms in total. The highest BCUT2D eigenvalue weighted by atomic mass is 16.5. The van der Waals surface area contributed by atoms with E-state index in [4.69, 9.17) is 9.47 Å². The lowest BCUT2D eigenvalue weighted by molar-refractivity contribution is 0.102. The van der Waals surface area contributed by atoms with Crippen LogP contribution in [0.4, 0.5) is 5.69 Å². The third-order valence-corrected chi connectivity index (χ3v) is 5.35. The quantitative estimate of drug-likeness (QED) is 0.640. The van der Waals surface area contributed by atoms with E-state index in [1.54, 1.807) is 13.2 Å². The maximum Gasteiger partial charge on any atom is 0.257 e. The number of hydrogen-bond donors (Lipinski definition) is 2. The lowest BCUT2D eigenvalue weighted by atomic mass is 10.1. The van der Waals surface area contributed by atoms with E-state index in [9.17, 15) is 4.79 Å². The van der Waals surface area contributed by atoms with Crippen molar-refractivity contribution >= 4 is 22.5 Å². The number of nitrogens with zero attached hydrogens (tertiary/aromatic N) is 1. The number of aromatic nitrogens is 1. The molecule has 0 spiro atoms. The van der Waals surface area contributed by atoms with E-state index in [1.165, 1.54) is 17.7 Å². The van der Waals surface area contributed by atoms with Gasteiger partial charge in [-0.15, -0.1) is 0 Å². The number of benzene rings is 2. The van der Waals surface area contributed by atoms with Gasteiger partial charge in [-0.1, -0.05) is 12.1 Å². The van der Waals surface area contributed by atoms with Gasteiger partial charge in [0.2, 0.25) is 0 Å². The van der Waals surface area contributed by atoms with Crippen LogP contribution in [-0.2, 0) is 12.8 Å². The standard InChI is InChI=1S/C23H27N3O3/c1-26(2)12-13-29-21-14-15(10-11-20(21)28-3)24-23(27)18-8-4-7-17-16-6-5-9-19(16)25-22(17)18/h4,7-8,10-11,14,25H,5-6,9,12-13H2,1-3H3,(H,24,27). The van der Waals surface area contributed by atoms with Crippen molar-refractivity contribution in [3.05, 3.63) is 53.2 Å². The molecule has 29 heavy (non-hydrogen) atoms. The number of hydrogen-bond acceptors (Lipinski definition) is 4. The molecule has 0 saturated heterocycles. The average molecular weight is 393 g/mol. The van der Waals surface area contributed by atoms with Gasteiger partial charge >= 0.3 is 0 Å². The van der Waals surface area contributed by atoms with Crippen LogP contribution >= 0.6 is 0 Å². The summed E-state index contributed by atoms with van der Waals surface area (Å²) in [5.74, 6) is 1.12. The Hall–Kier alpha value is -2.99. The van der Waals surface area contributed by atoms with Crippen molar-refractivity contribution in [2.75, 3.05) is 39.7 Å². The van der Waals surface area contributed by atoms with Crippen LogP contribution in [0.15, 0.2) is 36.4 Å². The molecule has 1 aliphatic carbocycles. The Kier molecular flexibility index (Phi) is 5.45. The van der Waals surface area contributed by atoms with Crippen molar-refractivity contribution in [1.29, 1.82) is 0 Å². The largest absolute Gasteiger partial charge is 0.493 e. The smallest absolute Gasteiger partial charge is 0.257 e. The zero-order chi connectivity index (χ0) is 20.4. The van der Waals surface area contributed by atoms with E-state index in [2.05, 4.69) is 16.4 Å². The molecule has 0 unspecified atom stereocenters. The Morgan fingerprint density at radius 3 is 2.83 bits per heavy atom. The predicted octanol–water partition coefficient (Wildman–Crippen LogP) is 3.86. The van der Waals surface area contributed by atoms with Crippen LogP contribution in [0.3, 0.4) is 0 Å². The fourth-order valence-electron chi connectivity index (χ4n) is 3.86. The second-order valence-electron chi connectivity index (χ2n) is 7.64. The first-order valence-electron chi connectivity index (χ1n) is 9.96. The molecule has 2 N–H and O–H groups in total. The lowest BCUT2D eigenvalue weighted by Crippen LogP contribution is -2.19. The second kappa shape index (κ2) is 8.17. The highest BCUT2D eigenvalue weighted by molar-refractivity contribution is 6.12. The van der Waals surface area contributed by atoms with Crippen LogP contribution < -0.4 is 14.8 Å². The number of nitrogens with one attached hydrogen (secondary N) is 2. The van der Waals surface area contributed by atoms with Gasteiger partial charge in [0, 0.05) is 29.4 Å². The predicted molar refractivity (Wildman–Crippen MR) is 115 cm³/mol. The van der Waals surface area contributed by atoms with Crippen molar-refractivity contribution in [1.82, 2.24) is 9.88 Å². The number of methoxy groups -OCH3 is 1. The number of para-hydroxylation sites is 1. The van der Waals surface area contributed by atoms with Gasteiger partial charge in [-0.25, -0.2) is 0 Å². The first kappa shape index (κ1) is 19.3. The summed E-state index contributed by atoms with van der Waals surface area (Å²) in [5.41, 5.74) is 4.87. The Labute approximate surface area is 170 Å². The fraction of sp³-hybridized carbons (Fsp3) is 0.348. The van der Waals surface area contributed by atoms with Crippen molar-refractivity contribution in [3.8, 4) is 11.5 Å². The number of likely N-dealkylation sites (N-methyl/N-ethyl adjacent to an activating group) is 1. The third-order valence-electron chi connectivity index (χ3n) is 5.35. The highest BCUT2D eigenvalue weighted by Gasteiger charge is 2.20. The van der Waals surface area contributed by atoms with Crippen LogP contribution in [0.25, 0.3) is 10.9 Å². The van der Waals surface area contributed by atoms with Gasteiger partial charge in [-0.3, -0.25) is 4.79 Å². The molecule has 0 bridgehead atoms. The Morgan fingerprint density at radius 2 is 2.03 bits per heavy atom. The van der Waals surface area contributed by atoms with Crippen molar-refractivity contribution in [2.45, 2.75) is 19.3 Å². The molecule has 2 aromatic carbocycles. The minimum absolute atomic E-state index is 0.139. The number of aromatic amines is 1. The van der Waals surface area contributed by atoms with E-state index >= 15 is 0 Å². The number of fused-ring (bicyclic) bond motifs is 3. The summed E-state index contributed by atoms with van der Waals surface area (Å²) >= 11 is 0. The van der Waals surface area contributed by atoms with Gasteiger partial charge in [0.05, 0.1) is 18.2 Å². The van der Waals surface area contributed by atoms with Crippen LogP contribution in [0.5, 0.6) is 11.5 Å². The maximum absolute atomic E-state index is 13.0. The zero-order valence-electron chi connectivity index (χ0n) is 17.2. The zero-order valence-corrected chi connectivity index (χ0v) is 17.2. The number of anilines is 1. The van der Waals surface area contributed by atoms with Crippen LogP contribution in [0.2, 0.25) is 0 Å². The van der Waals surface area contributed by atoms with E-state index < -0.39 is 0 Å². The van der Waals surface area contributed by atoms with Crippen LogP contribution in [-0.4, -0.2) is 50.1 Å². The van der Waals surface area contributed by atoms with Crippen molar-refractivity contribution in [3.63, 3.8) is 0 Å². The fourth-order valence-corrected chi connectivity index (χ4v) is 3.86. The third kappa shape index (κ3) is 3.93. The Morgan fingerprint density at radius 1 is 1.17 bits per heavy atom. The van der Waals surface area contributed by atoms with Crippen LogP contribution in [0, 0.1) is 0 Å². The summed E-state index contributed by atoms with van der Waals surface area (Å²) in [6.07, 6.45) is 3.31. The van der Waals surface area contributed by atoms with Gasteiger partial charge in [0.1, 0.15) is 6.61 Å². The topological polar surface area (TPSA) is 66.6 Å². The number of amides is 1. The molecule has 1 aromatic heterocycles. The number of rotatable bonds is 7. The van der Waals surface area contributed by atoms with Gasteiger partial charge in [0.15, 0.2) is 11.5 Å². The van der Waals surface area contributed by atoms with Gasteiger partial charge < -0.3 is 24.7 Å². The summed E-state index contributed by atoms with van der Waals surface area (Å²) in [4.78, 5) is 18.5. The summed E-state index contributed by atoms with van der Waals surface area (Å²) in [5, 5.41) is 4.16. The minimum Gasteiger partial charge on any atom is -0.493 e. The molecule has 0 atom stereocenters. The Balaban J connectivity index is 1.56. The molecule has 0 fully saturated rings. The normalized spacial score (nSPS) is 13.0. The SMILES string of the molecule is COc1ccc(NC(=O)c2cccc3c4c([nH]c23)CCC4)cc1OCCN(C)C. The highest BCUT2D eigenvalue weighted by Crippen LogP contribution is 2.33. The molecule has 1 amide bonds. The Bertz CT molecular complexity index is 1040. The minimum atomic E-state index is -0.139. The number of carbonyl (C=O) groups excluding carboxylic acids is 1. The van der Waals surface area contributed by atoms with E-state index in [0.717, 1.165) is 30.3 Å². The molecule has 1 heterocycles. The van der Waals surface area contributed by atoms with Gasteiger partial charge in [-0.2, -0.15) is 0 Å². The molecular formula is C23H27N3O3. The molecule has 0 aliphatic heterocycles. The molecule has 0 radical (unpaired) electrons. The second-order valence-corrected chi connectivity index (χ2v) is 7.64. The average Bonchev–Trinajstić information content (AvgIpc) is 3.29. The molecule has 152 valence electrons. The van der Waals surface area contributed by atoms with E-state index in [0.29, 0.717) is 29.4 Å². The van der Waals surface area contributed by atoms with E-state index in [-0.39, 0.29) is 5.91 Å². The first-order valence-corrected chi connectivity index (χ1v) is 9.96. The summed E-state index contributed by atoms with van der Waals surface area (Å²) in [7, 11) is 5.60. The van der Waals surface area contributed by atoms with Crippen molar-refractivity contribution < 1.29 is 14.3 Å². The molecule has 0 saturated carbocycles. The molecule has 4 rings (SSSR count). The number of carbonyl (C=O) groups is 1. The lowest BCUT2D eigenvalue weighted by Gasteiger charge is -2.15. The maximum atomic E-state index is 13.0. The monoisotopic (exact) mass is 393 g/mol. The summed E-state index contributed by atoms with van der Waals surface area (Å²) < 4.78 is 11.2. The first-order chi connectivity index (χ1) is 14.1. The molecule has 3 aromatic rings. The van der Waals surface area contributed by atoms with Gasteiger partial charge in [0.25, 0.3) is 5.91 Å². The summed E-state index contributed by atoms with van der Waals surface area (Å²) in [6, 6.07) is 11.3. The molecular weight excluding hydrogens is 366 g/mol. The molecule has 1 aliphatic rings. The number of H-pyrrole nitrogens is 1. The number of ether oxygens (including phenoxy) is 2. The summed E-state index contributed by atoms with van der Waals surface area (Å²) in [6.45, 7) is 1.33. The number of aryl methyl sites for hydroxylation is 2. The van der Waals surface area contributed by atoms with E-state index in [1.807, 2.05) is 43.3 Å². The molecule has 6 heteroatoms. The van der Waals surface area contributed by atoms with Crippen LogP contribution in [0.1, 0.15) is 28.0 Å². The van der Waals surface area contributed by atoms with Gasteiger partial charge in [-0.05, 0) is 57.1 Å².